The van der Waals surface area contributed by atoms with Crippen molar-refractivity contribution in [2.45, 2.75) is 20.3 Å². The van der Waals surface area contributed by atoms with Gasteiger partial charge in [0.2, 0.25) is 0 Å². The number of hydrogen-bond acceptors (Lipinski definition) is 2. The van der Waals surface area contributed by atoms with Crippen LogP contribution in [0.15, 0.2) is 18.2 Å². The van der Waals surface area contributed by atoms with E-state index in [9.17, 15) is 9.18 Å². The zero-order valence-corrected chi connectivity index (χ0v) is 9.58. The summed E-state index contributed by atoms with van der Waals surface area (Å²) in [6.07, 6.45) is 0.151. The highest BCUT2D eigenvalue weighted by Gasteiger charge is 2.28. The average Bonchev–Trinajstić information content (AvgIpc) is 2.20. The second-order valence-electron chi connectivity index (χ2n) is 4.32. The number of carboxylic acids is 1. The van der Waals surface area contributed by atoms with Crippen LogP contribution in [0.25, 0.3) is 0 Å². The molecule has 0 atom stereocenters. The smallest absolute Gasteiger partial charge is 0.309 e. The minimum atomic E-state index is -0.977. The van der Waals surface area contributed by atoms with Crippen molar-refractivity contribution in [3.8, 4) is 5.75 Å². The van der Waals surface area contributed by atoms with Crippen LogP contribution in [-0.2, 0) is 11.2 Å². The number of rotatable bonds is 4. The van der Waals surface area contributed by atoms with E-state index in [-0.39, 0.29) is 6.42 Å². The molecule has 0 aliphatic carbocycles. The van der Waals surface area contributed by atoms with Gasteiger partial charge in [0.1, 0.15) is 11.6 Å². The highest BCUT2D eigenvalue weighted by molar-refractivity contribution is 5.74. The Kier molecular flexibility index (Phi) is 3.52. The summed E-state index contributed by atoms with van der Waals surface area (Å²) in [6.45, 7) is 3.14. The van der Waals surface area contributed by atoms with Crippen molar-refractivity contribution >= 4 is 5.97 Å². The fraction of sp³-hybridized carbons (Fsp3) is 0.417. The van der Waals surface area contributed by atoms with Crippen molar-refractivity contribution in [1.29, 1.82) is 0 Å². The Morgan fingerprint density at radius 3 is 2.56 bits per heavy atom. The molecule has 1 N–H and O–H groups in total. The molecule has 0 amide bonds. The molecule has 0 radical (unpaired) electrons. The summed E-state index contributed by atoms with van der Waals surface area (Å²) in [4.78, 5) is 10.9. The normalized spacial score (nSPS) is 11.2. The molecule has 0 aliphatic heterocycles. The topological polar surface area (TPSA) is 46.5 Å². The van der Waals surface area contributed by atoms with Crippen LogP contribution in [0.1, 0.15) is 19.4 Å². The number of carbonyl (C=O) groups is 1. The van der Waals surface area contributed by atoms with Crippen molar-refractivity contribution in [2.24, 2.45) is 5.41 Å². The van der Waals surface area contributed by atoms with Gasteiger partial charge in [0.15, 0.2) is 0 Å². The van der Waals surface area contributed by atoms with Crippen molar-refractivity contribution in [1.82, 2.24) is 0 Å². The van der Waals surface area contributed by atoms with Crippen LogP contribution < -0.4 is 4.74 Å². The maximum Gasteiger partial charge on any atom is 0.309 e. The Morgan fingerprint density at radius 2 is 2.12 bits per heavy atom. The van der Waals surface area contributed by atoms with Crippen LogP contribution in [0.3, 0.4) is 0 Å². The van der Waals surface area contributed by atoms with Crippen molar-refractivity contribution < 1.29 is 19.0 Å². The van der Waals surface area contributed by atoms with E-state index in [1.807, 2.05) is 0 Å². The number of carboxylic acid groups (broad SMARTS) is 1. The lowest BCUT2D eigenvalue weighted by Gasteiger charge is -2.19. The molecule has 0 saturated heterocycles. The van der Waals surface area contributed by atoms with Gasteiger partial charge in [-0.1, -0.05) is 6.07 Å². The third-order valence-corrected chi connectivity index (χ3v) is 2.47. The zero-order chi connectivity index (χ0) is 12.3. The number of ether oxygens (including phenoxy) is 1. The van der Waals surface area contributed by atoms with Crippen LogP contribution in [0.4, 0.5) is 4.39 Å². The fourth-order valence-electron chi connectivity index (χ4n) is 1.35. The van der Waals surface area contributed by atoms with E-state index in [0.29, 0.717) is 11.3 Å². The number of methoxy groups -OCH3 is 1. The van der Waals surface area contributed by atoms with Crippen molar-refractivity contribution in [2.75, 3.05) is 7.11 Å². The summed E-state index contributed by atoms with van der Waals surface area (Å²) in [6, 6.07) is 4.43. The predicted molar refractivity (Wildman–Crippen MR) is 58.1 cm³/mol. The summed E-state index contributed by atoms with van der Waals surface area (Å²) < 4.78 is 18.4. The van der Waals surface area contributed by atoms with Crippen molar-refractivity contribution in [3.05, 3.63) is 29.6 Å². The Bertz CT molecular complexity index is 399. The first kappa shape index (κ1) is 12.5. The summed E-state index contributed by atoms with van der Waals surface area (Å²) in [5.41, 5.74) is -0.594. The Hall–Kier alpha value is -1.58. The van der Waals surface area contributed by atoms with Gasteiger partial charge in [-0.3, -0.25) is 4.79 Å². The molecule has 1 aromatic rings. The van der Waals surface area contributed by atoms with Gasteiger partial charge in [-0.15, -0.1) is 0 Å². The highest BCUT2D eigenvalue weighted by Crippen LogP contribution is 2.25. The molecule has 88 valence electrons. The molecule has 0 unspecified atom stereocenters. The van der Waals surface area contributed by atoms with E-state index < -0.39 is 17.2 Å². The molecule has 0 aromatic heterocycles. The van der Waals surface area contributed by atoms with E-state index in [0.717, 1.165) is 0 Å². The first-order valence-electron chi connectivity index (χ1n) is 4.92. The van der Waals surface area contributed by atoms with E-state index in [1.54, 1.807) is 26.0 Å². The summed E-state index contributed by atoms with van der Waals surface area (Å²) in [5.74, 6) is -0.953. The van der Waals surface area contributed by atoms with E-state index >= 15 is 0 Å². The second kappa shape index (κ2) is 4.51. The lowest BCUT2D eigenvalue weighted by molar-refractivity contribution is -0.146. The van der Waals surface area contributed by atoms with Gasteiger partial charge in [0.05, 0.1) is 12.5 Å². The van der Waals surface area contributed by atoms with Gasteiger partial charge in [-0.2, -0.15) is 0 Å². The largest absolute Gasteiger partial charge is 0.497 e. The van der Waals surface area contributed by atoms with Gasteiger partial charge in [0, 0.05) is 6.07 Å². The summed E-state index contributed by atoms with van der Waals surface area (Å²) in [5, 5.41) is 8.95. The Morgan fingerprint density at radius 1 is 1.50 bits per heavy atom. The van der Waals surface area contributed by atoms with Gasteiger partial charge < -0.3 is 9.84 Å². The Balaban J connectivity index is 2.94. The molecule has 1 aromatic carbocycles. The standard InChI is InChI=1S/C12H15FO3/c1-12(2,11(14)15)7-8-4-5-9(16-3)6-10(8)13/h4-6H,7H2,1-3H3,(H,14,15). The SMILES string of the molecule is COc1ccc(CC(C)(C)C(=O)O)c(F)c1. The lowest BCUT2D eigenvalue weighted by atomic mass is 9.86. The molecule has 3 nitrogen and oxygen atoms in total. The van der Waals surface area contributed by atoms with Crippen LogP contribution in [0.5, 0.6) is 5.75 Å². The van der Waals surface area contributed by atoms with E-state index in [4.69, 9.17) is 9.84 Å². The molecule has 0 heterocycles. The van der Waals surface area contributed by atoms with Crippen LogP contribution >= 0.6 is 0 Å². The minimum absolute atomic E-state index is 0.151. The van der Waals surface area contributed by atoms with Crippen LogP contribution in [0, 0.1) is 11.2 Å². The molecular weight excluding hydrogens is 211 g/mol. The third-order valence-electron chi connectivity index (χ3n) is 2.47. The van der Waals surface area contributed by atoms with E-state index in [1.165, 1.54) is 13.2 Å². The molecule has 1 rings (SSSR count). The molecule has 0 fully saturated rings. The quantitative estimate of drug-likeness (QED) is 0.857. The molecule has 0 spiro atoms. The number of halogens is 1. The monoisotopic (exact) mass is 226 g/mol. The first-order chi connectivity index (χ1) is 7.36. The van der Waals surface area contributed by atoms with Gasteiger partial charge >= 0.3 is 5.97 Å². The lowest BCUT2D eigenvalue weighted by Crippen LogP contribution is -2.26. The molecular formula is C12H15FO3. The number of aliphatic carboxylic acids is 1. The van der Waals surface area contributed by atoms with Gasteiger partial charge in [0.25, 0.3) is 0 Å². The molecule has 0 bridgehead atoms. The summed E-state index contributed by atoms with van der Waals surface area (Å²) >= 11 is 0. The summed E-state index contributed by atoms with van der Waals surface area (Å²) in [7, 11) is 1.45. The maximum atomic E-state index is 13.6. The number of benzene rings is 1. The Labute approximate surface area is 93.9 Å². The molecule has 0 aliphatic rings. The minimum Gasteiger partial charge on any atom is -0.497 e. The van der Waals surface area contributed by atoms with Gasteiger partial charge in [-0.25, -0.2) is 4.39 Å². The van der Waals surface area contributed by atoms with Crippen LogP contribution in [-0.4, -0.2) is 18.2 Å². The fourth-order valence-corrected chi connectivity index (χ4v) is 1.35. The molecule has 4 heteroatoms. The predicted octanol–water partition coefficient (Wildman–Crippen LogP) is 2.49. The third kappa shape index (κ3) is 2.72. The van der Waals surface area contributed by atoms with Crippen LogP contribution in [0.2, 0.25) is 0 Å². The number of hydrogen-bond donors (Lipinski definition) is 1. The van der Waals surface area contributed by atoms with Gasteiger partial charge in [-0.05, 0) is 31.9 Å². The van der Waals surface area contributed by atoms with Crippen molar-refractivity contribution in [3.63, 3.8) is 0 Å². The maximum absolute atomic E-state index is 13.6. The van der Waals surface area contributed by atoms with E-state index in [2.05, 4.69) is 0 Å². The average molecular weight is 226 g/mol. The zero-order valence-electron chi connectivity index (χ0n) is 9.58. The first-order valence-corrected chi connectivity index (χ1v) is 4.92. The highest BCUT2D eigenvalue weighted by atomic mass is 19.1. The second-order valence-corrected chi connectivity index (χ2v) is 4.32. The molecule has 0 saturated carbocycles. The molecule has 16 heavy (non-hydrogen) atoms.